The van der Waals surface area contributed by atoms with Gasteiger partial charge in [-0.2, -0.15) is 0 Å². The number of benzene rings is 1. The Morgan fingerprint density at radius 1 is 1.09 bits per heavy atom. The second-order valence-electron chi connectivity index (χ2n) is 7.96. The molecule has 2 nitrogen and oxygen atoms in total. The number of Topliss-reactive ketones (excluding diaryl/α,β-unsaturated/α-hetero) is 1. The molecule has 0 saturated heterocycles. The van der Waals surface area contributed by atoms with Crippen molar-refractivity contribution in [1.82, 2.24) is 0 Å². The minimum absolute atomic E-state index is 0.0711. The molecule has 1 aromatic carbocycles. The van der Waals surface area contributed by atoms with Crippen molar-refractivity contribution in [3.8, 4) is 5.75 Å². The summed E-state index contributed by atoms with van der Waals surface area (Å²) in [6, 6.07) is 8.19. The molecule has 5 rings (SSSR count). The van der Waals surface area contributed by atoms with Gasteiger partial charge in [-0.15, -0.1) is 11.8 Å². The number of ether oxygens (including phenoxy) is 1. The highest BCUT2D eigenvalue weighted by Crippen LogP contribution is 2.60. The Hall–Kier alpha value is -0.960. The van der Waals surface area contributed by atoms with Crippen LogP contribution in [0.4, 0.5) is 0 Å². The molecule has 0 heterocycles. The summed E-state index contributed by atoms with van der Waals surface area (Å²) in [5.74, 6) is 5.63. The molecule has 4 bridgehead atoms. The molecule has 4 fully saturated rings. The zero-order chi connectivity index (χ0) is 15.9. The summed E-state index contributed by atoms with van der Waals surface area (Å²) >= 11 is 1.79. The van der Waals surface area contributed by atoms with Gasteiger partial charge in [-0.25, -0.2) is 0 Å². The molecular formula is C20H26O2S. The fraction of sp³-hybridized carbons (Fsp3) is 0.650. The van der Waals surface area contributed by atoms with Crippen LogP contribution in [0, 0.1) is 23.2 Å². The molecule has 124 valence electrons. The molecule has 0 atom stereocenters. The summed E-state index contributed by atoms with van der Waals surface area (Å²) < 4.78 is 5.19. The van der Waals surface area contributed by atoms with Gasteiger partial charge < -0.3 is 4.74 Å². The predicted molar refractivity (Wildman–Crippen MR) is 94.8 cm³/mol. The summed E-state index contributed by atoms with van der Waals surface area (Å²) in [5, 5.41) is 0. The summed E-state index contributed by atoms with van der Waals surface area (Å²) in [6.07, 6.45) is 7.81. The minimum Gasteiger partial charge on any atom is -0.497 e. The Labute approximate surface area is 143 Å². The Bertz CT molecular complexity index is 543. The molecule has 0 N–H and O–H groups in total. The fourth-order valence-electron chi connectivity index (χ4n) is 5.59. The van der Waals surface area contributed by atoms with E-state index in [4.69, 9.17) is 4.74 Å². The number of hydrogen-bond donors (Lipinski definition) is 0. The van der Waals surface area contributed by atoms with Crippen LogP contribution >= 0.6 is 11.8 Å². The highest BCUT2D eigenvalue weighted by molar-refractivity contribution is 7.99. The maximum atomic E-state index is 12.9. The second kappa shape index (κ2) is 6.16. The topological polar surface area (TPSA) is 26.3 Å². The van der Waals surface area contributed by atoms with Gasteiger partial charge in [0.05, 0.1) is 12.9 Å². The van der Waals surface area contributed by atoms with Crippen LogP contribution < -0.4 is 4.74 Å². The van der Waals surface area contributed by atoms with E-state index in [0.29, 0.717) is 11.5 Å². The third-order valence-electron chi connectivity index (χ3n) is 6.29. The van der Waals surface area contributed by atoms with Gasteiger partial charge in [-0.05, 0) is 74.0 Å². The van der Waals surface area contributed by atoms with Crippen LogP contribution in [0.2, 0.25) is 0 Å². The highest BCUT2D eigenvalue weighted by atomic mass is 32.2. The van der Waals surface area contributed by atoms with Crippen molar-refractivity contribution in [1.29, 1.82) is 0 Å². The van der Waals surface area contributed by atoms with E-state index in [2.05, 4.69) is 12.1 Å². The van der Waals surface area contributed by atoms with Crippen LogP contribution in [0.25, 0.3) is 0 Å². The van der Waals surface area contributed by atoms with Gasteiger partial charge in [0, 0.05) is 11.2 Å². The number of carbonyl (C=O) groups is 1. The Morgan fingerprint density at radius 3 is 2.17 bits per heavy atom. The summed E-state index contributed by atoms with van der Waals surface area (Å²) in [5.41, 5.74) is 1.34. The molecule has 4 aliphatic carbocycles. The Morgan fingerprint density at radius 2 is 1.65 bits per heavy atom. The normalized spacial score (nSPS) is 34.6. The van der Waals surface area contributed by atoms with Crippen molar-refractivity contribution in [2.45, 2.75) is 44.3 Å². The molecule has 0 radical (unpaired) electrons. The number of thioether (sulfide) groups is 1. The predicted octanol–water partition coefficient (Wildman–Crippen LogP) is 4.71. The number of hydrogen-bond acceptors (Lipinski definition) is 3. The highest BCUT2D eigenvalue weighted by Gasteiger charge is 2.53. The van der Waals surface area contributed by atoms with E-state index < -0.39 is 0 Å². The minimum atomic E-state index is 0.0711. The maximum Gasteiger partial charge on any atom is 0.148 e. The standard InChI is InChI=1S/C20H26O2S/c1-22-18-4-2-14(3-5-18)12-23-13-19(21)20-9-15-6-16(10-20)8-17(7-15)11-20/h2-5,15-17H,6-13H2,1H3. The van der Waals surface area contributed by atoms with Crippen LogP contribution in [0.1, 0.15) is 44.1 Å². The van der Waals surface area contributed by atoms with Crippen LogP contribution in [0.3, 0.4) is 0 Å². The molecule has 0 amide bonds. The van der Waals surface area contributed by atoms with Gasteiger partial charge in [0.25, 0.3) is 0 Å². The quantitative estimate of drug-likeness (QED) is 0.755. The van der Waals surface area contributed by atoms with E-state index in [-0.39, 0.29) is 5.41 Å². The first-order chi connectivity index (χ1) is 11.2. The Kier molecular flexibility index (Phi) is 4.17. The number of methoxy groups -OCH3 is 1. The molecule has 4 saturated carbocycles. The SMILES string of the molecule is COc1ccc(CSCC(=O)C23CC4CC(CC(C4)C2)C3)cc1. The number of rotatable bonds is 6. The average molecular weight is 330 g/mol. The molecule has 0 aliphatic heterocycles. The lowest BCUT2D eigenvalue weighted by atomic mass is 9.48. The van der Waals surface area contributed by atoms with Crippen LogP contribution in [0.5, 0.6) is 5.75 Å². The fourth-order valence-corrected chi connectivity index (χ4v) is 6.61. The third-order valence-corrected chi connectivity index (χ3v) is 7.29. The van der Waals surface area contributed by atoms with Crippen molar-refractivity contribution in [2.24, 2.45) is 23.2 Å². The van der Waals surface area contributed by atoms with Gasteiger partial charge in [-0.1, -0.05) is 12.1 Å². The molecule has 4 aliphatic rings. The number of carbonyl (C=O) groups excluding carboxylic acids is 1. The number of ketones is 1. The zero-order valence-electron chi connectivity index (χ0n) is 13.9. The lowest BCUT2D eigenvalue weighted by Gasteiger charge is -2.56. The lowest BCUT2D eigenvalue weighted by Crippen LogP contribution is -2.50. The maximum absolute atomic E-state index is 12.9. The lowest BCUT2D eigenvalue weighted by molar-refractivity contribution is -0.141. The molecule has 0 aromatic heterocycles. The van der Waals surface area contributed by atoms with Gasteiger partial charge in [-0.3, -0.25) is 4.79 Å². The second-order valence-corrected chi connectivity index (χ2v) is 8.95. The smallest absolute Gasteiger partial charge is 0.148 e. The molecule has 23 heavy (non-hydrogen) atoms. The van der Waals surface area contributed by atoms with Crippen LogP contribution in [-0.4, -0.2) is 18.6 Å². The van der Waals surface area contributed by atoms with Gasteiger partial charge in [0.15, 0.2) is 0 Å². The molecule has 0 spiro atoms. The first-order valence-corrected chi connectivity index (χ1v) is 10.1. The van der Waals surface area contributed by atoms with Crippen molar-refractivity contribution in [2.75, 3.05) is 12.9 Å². The first kappa shape index (κ1) is 15.6. The molecular weight excluding hydrogens is 304 g/mol. The summed E-state index contributed by atoms with van der Waals surface area (Å²) in [6.45, 7) is 0. The van der Waals surface area contributed by atoms with E-state index >= 15 is 0 Å². The van der Waals surface area contributed by atoms with Gasteiger partial charge in [0.1, 0.15) is 11.5 Å². The Balaban J connectivity index is 1.33. The monoisotopic (exact) mass is 330 g/mol. The van der Waals surface area contributed by atoms with Crippen LogP contribution in [0.15, 0.2) is 24.3 Å². The van der Waals surface area contributed by atoms with E-state index in [1.165, 1.54) is 44.1 Å². The molecule has 0 unspecified atom stereocenters. The van der Waals surface area contributed by atoms with Crippen molar-refractivity contribution in [3.63, 3.8) is 0 Å². The largest absolute Gasteiger partial charge is 0.497 e. The molecule has 1 aromatic rings. The molecule has 3 heteroatoms. The van der Waals surface area contributed by atoms with E-state index in [1.807, 2.05) is 12.1 Å². The summed E-state index contributed by atoms with van der Waals surface area (Å²) in [7, 11) is 1.69. The van der Waals surface area contributed by atoms with Crippen molar-refractivity contribution < 1.29 is 9.53 Å². The van der Waals surface area contributed by atoms with Crippen molar-refractivity contribution >= 4 is 17.5 Å². The first-order valence-electron chi connectivity index (χ1n) is 8.91. The van der Waals surface area contributed by atoms with Gasteiger partial charge >= 0.3 is 0 Å². The van der Waals surface area contributed by atoms with Gasteiger partial charge in [0.2, 0.25) is 0 Å². The van der Waals surface area contributed by atoms with Crippen molar-refractivity contribution in [3.05, 3.63) is 29.8 Å². The van der Waals surface area contributed by atoms with E-state index in [1.54, 1.807) is 18.9 Å². The van der Waals surface area contributed by atoms with E-state index in [0.717, 1.165) is 29.3 Å². The zero-order valence-corrected chi connectivity index (χ0v) is 14.7. The average Bonchev–Trinajstić information content (AvgIpc) is 2.54. The van der Waals surface area contributed by atoms with E-state index in [9.17, 15) is 4.79 Å². The third kappa shape index (κ3) is 3.05. The summed E-state index contributed by atoms with van der Waals surface area (Å²) in [4.78, 5) is 12.9. The van der Waals surface area contributed by atoms with Crippen LogP contribution in [-0.2, 0) is 10.5 Å².